The van der Waals surface area contributed by atoms with Crippen molar-refractivity contribution in [2.24, 2.45) is 0 Å². The Bertz CT molecular complexity index is 2050. The minimum atomic E-state index is 0.995. The predicted molar refractivity (Wildman–Crippen MR) is 146 cm³/mol. The third kappa shape index (κ3) is 2.15. The summed E-state index contributed by atoms with van der Waals surface area (Å²) < 4.78 is 2.48. The first-order valence-electron chi connectivity index (χ1n) is 12.5. The van der Waals surface area contributed by atoms with Gasteiger partial charge in [0.05, 0.1) is 11.0 Å². The Morgan fingerprint density at radius 3 is 2.20 bits per heavy atom. The zero-order valence-electron chi connectivity index (χ0n) is 19.2. The van der Waals surface area contributed by atoms with Gasteiger partial charge in [-0.15, -0.1) is 0 Å². The molecule has 0 spiro atoms. The zero-order valence-corrected chi connectivity index (χ0v) is 19.2. The van der Waals surface area contributed by atoms with Crippen LogP contribution in [0.15, 0.2) is 103 Å². The molecule has 162 valence electrons. The van der Waals surface area contributed by atoms with Crippen molar-refractivity contribution in [1.82, 2.24) is 4.40 Å². The van der Waals surface area contributed by atoms with Crippen LogP contribution in [0.2, 0.25) is 0 Å². The van der Waals surface area contributed by atoms with Crippen LogP contribution in [0.3, 0.4) is 0 Å². The normalized spacial score (nSPS) is 13.5. The Hall–Kier alpha value is -4.36. The Balaban J connectivity index is 1.57. The molecule has 7 aromatic rings. The fraction of sp³-hybridized carbons (Fsp3) is 0.0588. The summed E-state index contributed by atoms with van der Waals surface area (Å²) >= 11 is 0. The smallest absolute Gasteiger partial charge is 0.0616 e. The summed E-state index contributed by atoms with van der Waals surface area (Å²) in [7, 11) is 0. The molecule has 0 atom stereocenters. The SMILES string of the molecule is c1ccc2c(c1)Cc1c-2ccc2c3c4c(ccc3n3cc5ccccc5c3c12)Cc1ccccc1-4. The maximum absolute atomic E-state index is 2.48. The number of pyridine rings is 1. The van der Waals surface area contributed by atoms with E-state index in [0.717, 1.165) is 12.8 Å². The minimum Gasteiger partial charge on any atom is -0.315 e. The molecular formula is C34H21N. The van der Waals surface area contributed by atoms with E-state index >= 15 is 0 Å². The Morgan fingerprint density at radius 2 is 1.29 bits per heavy atom. The van der Waals surface area contributed by atoms with Gasteiger partial charge < -0.3 is 4.40 Å². The lowest BCUT2D eigenvalue weighted by molar-refractivity contribution is 1.25. The van der Waals surface area contributed by atoms with Crippen LogP contribution in [0.25, 0.3) is 60.2 Å². The van der Waals surface area contributed by atoms with Gasteiger partial charge in [0.2, 0.25) is 0 Å². The molecule has 35 heavy (non-hydrogen) atoms. The lowest BCUT2D eigenvalue weighted by atomic mass is 9.91. The van der Waals surface area contributed by atoms with E-state index in [9.17, 15) is 0 Å². The number of rotatable bonds is 0. The van der Waals surface area contributed by atoms with Gasteiger partial charge in [-0.3, -0.25) is 0 Å². The third-order valence-electron chi connectivity index (χ3n) is 8.42. The number of aromatic nitrogens is 1. The van der Waals surface area contributed by atoms with E-state index < -0.39 is 0 Å². The number of fused-ring (bicyclic) bond motifs is 16. The molecule has 1 heteroatoms. The van der Waals surface area contributed by atoms with E-state index in [1.807, 2.05) is 0 Å². The number of nitrogens with zero attached hydrogens (tertiary/aromatic N) is 1. The molecule has 0 radical (unpaired) electrons. The average molecular weight is 444 g/mol. The Kier molecular flexibility index (Phi) is 3.19. The van der Waals surface area contributed by atoms with Crippen molar-refractivity contribution in [2.75, 3.05) is 0 Å². The van der Waals surface area contributed by atoms with Gasteiger partial charge in [0, 0.05) is 27.7 Å². The molecular weight excluding hydrogens is 422 g/mol. The lowest BCUT2D eigenvalue weighted by Gasteiger charge is -2.16. The van der Waals surface area contributed by atoms with Gasteiger partial charge in [-0.2, -0.15) is 0 Å². The van der Waals surface area contributed by atoms with Crippen LogP contribution in [0, 0.1) is 0 Å². The van der Waals surface area contributed by atoms with E-state index in [0.29, 0.717) is 0 Å². The molecule has 0 aliphatic heterocycles. The van der Waals surface area contributed by atoms with Gasteiger partial charge in [0.1, 0.15) is 0 Å². The van der Waals surface area contributed by atoms with Crippen molar-refractivity contribution in [3.8, 4) is 22.3 Å². The molecule has 1 nitrogen and oxygen atoms in total. The number of hydrogen-bond donors (Lipinski definition) is 0. The molecule has 0 amide bonds. The molecule has 2 aliphatic carbocycles. The second-order valence-electron chi connectivity index (χ2n) is 10.1. The molecule has 2 heterocycles. The van der Waals surface area contributed by atoms with Gasteiger partial charge in [-0.25, -0.2) is 0 Å². The first-order chi connectivity index (χ1) is 17.4. The van der Waals surface area contributed by atoms with Crippen molar-refractivity contribution in [1.29, 1.82) is 0 Å². The minimum absolute atomic E-state index is 0.995. The van der Waals surface area contributed by atoms with Crippen LogP contribution in [0.4, 0.5) is 0 Å². The van der Waals surface area contributed by atoms with Gasteiger partial charge in [0.25, 0.3) is 0 Å². The van der Waals surface area contributed by atoms with Crippen LogP contribution in [0.5, 0.6) is 0 Å². The molecule has 0 fully saturated rings. The van der Waals surface area contributed by atoms with Crippen molar-refractivity contribution in [2.45, 2.75) is 12.8 Å². The summed E-state index contributed by atoms with van der Waals surface area (Å²) in [6.07, 6.45) is 4.36. The third-order valence-corrected chi connectivity index (χ3v) is 8.42. The summed E-state index contributed by atoms with van der Waals surface area (Å²) in [5.41, 5.74) is 14.1. The van der Waals surface area contributed by atoms with E-state index in [-0.39, 0.29) is 0 Å². The first-order valence-corrected chi connectivity index (χ1v) is 12.5. The molecule has 0 saturated heterocycles. The number of hydrogen-bond acceptors (Lipinski definition) is 0. The van der Waals surface area contributed by atoms with Crippen LogP contribution in [-0.4, -0.2) is 4.40 Å². The topological polar surface area (TPSA) is 4.41 Å². The summed E-state index contributed by atoms with van der Waals surface area (Å²) in [5, 5.41) is 6.84. The van der Waals surface area contributed by atoms with Crippen LogP contribution < -0.4 is 0 Å². The fourth-order valence-electron chi connectivity index (χ4n) is 6.98. The summed E-state index contributed by atoms with van der Waals surface area (Å²) in [5.74, 6) is 0. The largest absolute Gasteiger partial charge is 0.315 e. The molecule has 2 aromatic heterocycles. The Morgan fingerprint density at radius 1 is 0.514 bits per heavy atom. The van der Waals surface area contributed by atoms with Crippen molar-refractivity contribution >= 4 is 38.0 Å². The summed E-state index contributed by atoms with van der Waals surface area (Å²) in [6.45, 7) is 0. The predicted octanol–water partition coefficient (Wildman–Crippen LogP) is 8.54. The van der Waals surface area contributed by atoms with Gasteiger partial charge in [-0.1, -0.05) is 91.0 Å². The first kappa shape index (κ1) is 18.0. The molecule has 0 saturated carbocycles. The van der Waals surface area contributed by atoms with Gasteiger partial charge in [-0.05, 0) is 68.8 Å². The van der Waals surface area contributed by atoms with Crippen LogP contribution >= 0.6 is 0 Å². The van der Waals surface area contributed by atoms with Crippen LogP contribution in [0.1, 0.15) is 22.3 Å². The van der Waals surface area contributed by atoms with Crippen molar-refractivity contribution in [3.05, 3.63) is 126 Å². The molecule has 9 rings (SSSR count). The molecule has 0 N–H and O–H groups in total. The maximum Gasteiger partial charge on any atom is 0.0616 e. The highest BCUT2D eigenvalue weighted by Gasteiger charge is 2.27. The second-order valence-corrected chi connectivity index (χ2v) is 10.1. The van der Waals surface area contributed by atoms with E-state index in [4.69, 9.17) is 0 Å². The highest BCUT2D eigenvalue weighted by Crippen LogP contribution is 2.49. The van der Waals surface area contributed by atoms with Crippen LogP contribution in [-0.2, 0) is 12.8 Å². The van der Waals surface area contributed by atoms with Crippen molar-refractivity contribution < 1.29 is 0 Å². The summed E-state index contributed by atoms with van der Waals surface area (Å²) in [6, 6.07) is 36.3. The molecule has 2 aliphatic rings. The van der Waals surface area contributed by atoms with Crippen molar-refractivity contribution in [3.63, 3.8) is 0 Å². The molecule has 0 bridgehead atoms. The van der Waals surface area contributed by atoms with Gasteiger partial charge in [0.15, 0.2) is 0 Å². The quantitative estimate of drug-likeness (QED) is 0.207. The zero-order chi connectivity index (χ0) is 22.7. The van der Waals surface area contributed by atoms with E-state index in [1.54, 1.807) is 0 Å². The fourth-order valence-corrected chi connectivity index (χ4v) is 6.98. The van der Waals surface area contributed by atoms with E-state index in [1.165, 1.54) is 82.5 Å². The highest BCUT2D eigenvalue weighted by molar-refractivity contribution is 6.25. The average Bonchev–Trinajstić information content (AvgIpc) is 3.59. The lowest BCUT2D eigenvalue weighted by Crippen LogP contribution is -1.96. The summed E-state index contributed by atoms with van der Waals surface area (Å²) in [4.78, 5) is 0. The second kappa shape index (κ2) is 6.20. The molecule has 0 unspecified atom stereocenters. The monoisotopic (exact) mass is 443 g/mol. The standard InChI is InChI=1S/C34H21N/c1-4-10-24-21(8-1)18-29-27(24)14-15-28-32(29)34-26-12-6-3-9-23(26)19-35(34)30-16-13-22-17-20-7-2-5-11-25(20)31(22)33(28)30/h1-16,19H,17-18H2. The maximum atomic E-state index is 2.48. The van der Waals surface area contributed by atoms with E-state index in [2.05, 4.69) is 108 Å². The Labute approximate surface area is 202 Å². The number of benzene rings is 5. The molecule has 5 aromatic carbocycles. The highest BCUT2D eigenvalue weighted by atomic mass is 14.9. The van der Waals surface area contributed by atoms with Gasteiger partial charge >= 0.3 is 0 Å².